The molecule has 3 rings (SSSR count). The van der Waals surface area contributed by atoms with Crippen LogP contribution in [0.2, 0.25) is 0 Å². The summed E-state index contributed by atoms with van der Waals surface area (Å²) in [5.74, 6) is 0. The molecule has 1 fully saturated rings. The fourth-order valence-corrected chi connectivity index (χ4v) is 3.80. The summed E-state index contributed by atoms with van der Waals surface area (Å²) >= 11 is 0. The van der Waals surface area contributed by atoms with Gasteiger partial charge in [-0.25, -0.2) is 0 Å². The van der Waals surface area contributed by atoms with Gasteiger partial charge in [0, 0.05) is 23.5 Å². The Kier molecular flexibility index (Phi) is 3.96. The average molecular weight is 284 g/mol. The number of hydrogen-bond donors (Lipinski definition) is 1. The number of nitrogens with zero attached hydrogens (tertiary/aromatic N) is 2. The molecule has 1 aromatic heterocycles. The molecular formula is C18H24N2O. The topological polar surface area (TPSA) is 36.4 Å². The quantitative estimate of drug-likeness (QED) is 0.937. The van der Waals surface area contributed by atoms with Crippen molar-refractivity contribution < 1.29 is 5.11 Å². The number of para-hydroxylation sites is 1. The van der Waals surface area contributed by atoms with Gasteiger partial charge in [-0.1, -0.05) is 31.0 Å². The van der Waals surface area contributed by atoms with E-state index in [1.54, 1.807) is 0 Å². The van der Waals surface area contributed by atoms with Gasteiger partial charge in [-0.05, 0) is 44.6 Å². The molecule has 1 aliphatic rings. The van der Waals surface area contributed by atoms with Crippen LogP contribution in [0.5, 0.6) is 0 Å². The van der Waals surface area contributed by atoms with Gasteiger partial charge in [0.05, 0.1) is 11.6 Å². The summed E-state index contributed by atoms with van der Waals surface area (Å²) in [6, 6.07) is 10.2. The van der Waals surface area contributed by atoms with Crippen LogP contribution in [0.4, 0.5) is 0 Å². The average Bonchev–Trinajstić information content (AvgIpc) is 2.98. The van der Waals surface area contributed by atoms with Gasteiger partial charge in [0.1, 0.15) is 0 Å². The second-order valence-corrected chi connectivity index (χ2v) is 6.41. The van der Waals surface area contributed by atoms with Crippen LogP contribution in [0, 0.1) is 0 Å². The molecule has 1 atom stereocenters. The first-order valence-corrected chi connectivity index (χ1v) is 7.81. The van der Waals surface area contributed by atoms with Gasteiger partial charge in [-0.2, -0.15) is 0 Å². The summed E-state index contributed by atoms with van der Waals surface area (Å²) in [6.45, 7) is 0. The van der Waals surface area contributed by atoms with E-state index < -0.39 is 0 Å². The largest absolute Gasteiger partial charge is 0.391 e. The van der Waals surface area contributed by atoms with Crippen molar-refractivity contribution >= 4 is 10.9 Å². The number of aromatic nitrogens is 1. The fraction of sp³-hybridized carbons (Fsp3) is 0.500. The summed E-state index contributed by atoms with van der Waals surface area (Å²) in [6.07, 6.45) is 6.82. The minimum atomic E-state index is -0.333. The molecular weight excluding hydrogens is 260 g/mol. The van der Waals surface area contributed by atoms with E-state index in [-0.39, 0.29) is 11.6 Å². The highest BCUT2D eigenvalue weighted by atomic mass is 16.3. The van der Waals surface area contributed by atoms with Crippen LogP contribution in [0.15, 0.2) is 36.5 Å². The highest BCUT2D eigenvalue weighted by molar-refractivity contribution is 5.81. The van der Waals surface area contributed by atoms with Crippen LogP contribution in [-0.2, 0) is 6.42 Å². The van der Waals surface area contributed by atoms with Crippen molar-refractivity contribution in [3.05, 3.63) is 42.1 Å². The number of aliphatic hydroxyl groups is 1. The fourth-order valence-electron chi connectivity index (χ4n) is 3.80. The van der Waals surface area contributed by atoms with E-state index in [1.165, 1.54) is 18.4 Å². The van der Waals surface area contributed by atoms with Gasteiger partial charge < -0.3 is 10.0 Å². The first kappa shape index (κ1) is 14.5. The van der Waals surface area contributed by atoms with E-state index >= 15 is 0 Å². The molecule has 21 heavy (non-hydrogen) atoms. The zero-order valence-electron chi connectivity index (χ0n) is 12.9. The Bertz CT molecular complexity index is 612. The summed E-state index contributed by atoms with van der Waals surface area (Å²) < 4.78 is 0. The molecule has 1 saturated carbocycles. The van der Waals surface area contributed by atoms with E-state index in [0.29, 0.717) is 6.42 Å². The van der Waals surface area contributed by atoms with Crippen molar-refractivity contribution in [2.75, 3.05) is 14.1 Å². The normalized spacial score (nSPS) is 19.2. The van der Waals surface area contributed by atoms with Crippen LogP contribution in [0.25, 0.3) is 10.9 Å². The van der Waals surface area contributed by atoms with Gasteiger partial charge in [-0.3, -0.25) is 4.98 Å². The third-order valence-corrected chi connectivity index (χ3v) is 5.13. The third-order valence-electron chi connectivity index (χ3n) is 5.13. The van der Waals surface area contributed by atoms with E-state index in [9.17, 15) is 5.11 Å². The molecule has 1 aliphatic carbocycles. The van der Waals surface area contributed by atoms with E-state index in [2.05, 4.69) is 30.0 Å². The Morgan fingerprint density at radius 2 is 1.90 bits per heavy atom. The predicted octanol–water partition coefficient (Wildman–Crippen LogP) is 3.01. The first-order chi connectivity index (χ1) is 10.1. The van der Waals surface area contributed by atoms with Crippen molar-refractivity contribution in [2.45, 2.75) is 43.7 Å². The highest BCUT2D eigenvalue weighted by Crippen LogP contribution is 2.38. The molecule has 2 aromatic rings. The third kappa shape index (κ3) is 2.56. The summed E-state index contributed by atoms with van der Waals surface area (Å²) in [5.41, 5.74) is 2.14. The first-order valence-electron chi connectivity index (χ1n) is 7.81. The molecule has 0 spiro atoms. The Morgan fingerprint density at radius 1 is 1.19 bits per heavy atom. The molecule has 1 aromatic carbocycles. The molecule has 0 radical (unpaired) electrons. The van der Waals surface area contributed by atoms with E-state index in [4.69, 9.17) is 0 Å². The van der Waals surface area contributed by atoms with Crippen LogP contribution < -0.4 is 0 Å². The lowest BCUT2D eigenvalue weighted by atomic mass is 9.85. The molecule has 0 aliphatic heterocycles. The zero-order valence-corrected chi connectivity index (χ0v) is 12.9. The van der Waals surface area contributed by atoms with Crippen LogP contribution in [0.3, 0.4) is 0 Å². The van der Waals surface area contributed by atoms with Gasteiger partial charge in [0.2, 0.25) is 0 Å². The maximum atomic E-state index is 10.9. The molecule has 1 unspecified atom stereocenters. The second-order valence-electron chi connectivity index (χ2n) is 6.41. The Balaban J connectivity index is 1.91. The van der Waals surface area contributed by atoms with Crippen molar-refractivity contribution in [1.29, 1.82) is 0 Å². The zero-order chi connectivity index (χ0) is 14.9. The van der Waals surface area contributed by atoms with Crippen molar-refractivity contribution in [3.8, 4) is 0 Å². The smallest absolute Gasteiger partial charge is 0.0764 e. The molecule has 112 valence electrons. The number of hydrogen-bond acceptors (Lipinski definition) is 3. The molecule has 3 heteroatoms. The molecule has 1 N–H and O–H groups in total. The lowest BCUT2D eigenvalue weighted by molar-refractivity contribution is -0.00233. The van der Waals surface area contributed by atoms with Gasteiger partial charge in [0.25, 0.3) is 0 Å². The van der Waals surface area contributed by atoms with Crippen LogP contribution in [0.1, 0.15) is 31.2 Å². The molecule has 0 bridgehead atoms. The number of pyridine rings is 1. The lowest BCUT2D eigenvalue weighted by Crippen LogP contribution is -2.52. The van der Waals surface area contributed by atoms with E-state index in [0.717, 1.165) is 23.7 Å². The number of benzene rings is 1. The minimum Gasteiger partial charge on any atom is -0.391 e. The summed E-state index contributed by atoms with van der Waals surface area (Å²) in [5, 5.41) is 12.1. The number of aliphatic hydroxyl groups excluding tert-OH is 1. The molecule has 1 heterocycles. The Morgan fingerprint density at radius 3 is 2.62 bits per heavy atom. The van der Waals surface area contributed by atoms with Crippen LogP contribution >= 0.6 is 0 Å². The summed E-state index contributed by atoms with van der Waals surface area (Å²) in [4.78, 5) is 6.64. The van der Waals surface area contributed by atoms with Crippen LogP contribution in [-0.4, -0.2) is 40.7 Å². The van der Waals surface area contributed by atoms with E-state index in [1.807, 2.05) is 30.5 Å². The van der Waals surface area contributed by atoms with Gasteiger partial charge >= 0.3 is 0 Å². The highest BCUT2D eigenvalue weighted by Gasteiger charge is 2.42. The molecule has 0 amide bonds. The van der Waals surface area contributed by atoms with Crippen molar-refractivity contribution in [2.24, 2.45) is 0 Å². The lowest BCUT2D eigenvalue weighted by Gasteiger charge is -2.40. The predicted molar refractivity (Wildman–Crippen MR) is 86.3 cm³/mol. The monoisotopic (exact) mass is 284 g/mol. The second kappa shape index (κ2) is 5.74. The van der Waals surface area contributed by atoms with Gasteiger partial charge in [-0.15, -0.1) is 0 Å². The number of rotatable bonds is 4. The number of fused-ring (bicyclic) bond motifs is 1. The molecule has 3 nitrogen and oxygen atoms in total. The SMILES string of the molecule is CN(C)C1(C(O)Cc2ccnc3ccccc23)CCCC1. The summed E-state index contributed by atoms with van der Waals surface area (Å²) in [7, 11) is 4.19. The minimum absolute atomic E-state index is 0.0651. The van der Waals surface area contributed by atoms with Crippen molar-refractivity contribution in [1.82, 2.24) is 9.88 Å². The Hall–Kier alpha value is -1.45. The molecule has 0 saturated heterocycles. The Labute approximate surface area is 126 Å². The standard InChI is InChI=1S/C18H24N2O/c1-20(2)18(10-5-6-11-18)17(21)13-14-9-12-19-16-8-4-3-7-15(14)16/h3-4,7-9,12,17,21H,5-6,10-11,13H2,1-2H3. The number of likely N-dealkylation sites (N-methyl/N-ethyl adjacent to an activating group) is 1. The maximum absolute atomic E-state index is 10.9. The maximum Gasteiger partial charge on any atom is 0.0764 e. The van der Waals surface area contributed by atoms with Crippen molar-refractivity contribution in [3.63, 3.8) is 0 Å². The van der Waals surface area contributed by atoms with Gasteiger partial charge in [0.15, 0.2) is 0 Å².